The molecule has 5 nitrogen and oxygen atoms in total. The van der Waals surface area contributed by atoms with Crippen LogP contribution in [0.1, 0.15) is 31.5 Å². The van der Waals surface area contributed by atoms with E-state index in [0.717, 1.165) is 42.1 Å². The maximum absolute atomic E-state index is 12.0. The maximum atomic E-state index is 12.0. The SMILES string of the molecule is Cc1nc2ccc(NC(=O)CCC3CCNCC3)cc2[nH]1. The molecule has 3 N–H and O–H groups in total. The van der Waals surface area contributed by atoms with Crippen LogP contribution in [0.5, 0.6) is 0 Å². The number of rotatable bonds is 4. The van der Waals surface area contributed by atoms with Crippen molar-refractivity contribution in [1.82, 2.24) is 15.3 Å². The summed E-state index contributed by atoms with van der Waals surface area (Å²) in [4.78, 5) is 19.6. The minimum absolute atomic E-state index is 0.101. The van der Waals surface area contributed by atoms with Crippen LogP contribution in [0.4, 0.5) is 5.69 Å². The van der Waals surface area contributed by atoms with Crippen molar-refractivity contribution in [3.8, 4) is 0 Å². The largest absolute Gasteiger partial charge is 0.342 e. The summed E-state index contributed by atoms with van der Waals surface area (Å²) in [6.45, 7) is 4.10. The molecule has 0 aliphatic carbocycles. The van der Waals surface area contributed by atoms with Crippen LogP contribution in [0.25, 0.3) is 11.0 Å². The summed E-state index contributed by atoms with van der Waals surface area (Å²) in [5, 5.41) is 6.33. The Labute approximate surface area is 124 Å². The summed E-state index contributed by atoms with van der Waals surface area (Å²) in [5.41, 5.74) is 2.73. The minimum atomic E-state index is 0.101. The van der Waals surface area contributed by atoms with Crippen molar-refractivity contribution < 1.29 is 4.79 Å². The zero-order valence-electron chi connectivity index (χ0n) is 12.4. The lowest BCUT2D eigenvalue weighted by atomic mass is 9.93. The van der Waals surface area contributed by atoms with Gasteiger partial charge in [0.05, 0.1) is 11.0 Å². The molecule has 0 spiro atoms. The first kappa shape index (κ1) is 14.1. The fourth-order valence-electron chi connectivity index (χ4n) is 2.94. The Morgan fingerprint density at radius 3 is 3.00 bits per heavy atom. The van der Waals surface area contributed by atoms with Crippen molar-refractivity contribution in [3.05, 3.63) is 24.0 Å². The molecule has 1 aromatic heterocycles. The topological polar surface area (TPSA) is 69.8 Å². The Bertz CT molecular complexity index is 628. The van der Waals surface area contributed by atoms with E-state index < -0.39 is 0 Å². The highest BCUT2D eigenvalue weighted by molar-refractivity contribution is 5.93. The predicted octanol–water partition coefficient (Wildman–Crippen LogP) is 2.59. The number of imidazole rings is 1. The molecule has 2 heterocycles. The Morgan fingerprint density at radius 2 is 2.19 bits per heavy atom. The van der Waals surface area contributed by atoms with Crippen LogP contribution >= 0.6 is 0 Å². The molecule has 1 fully saturated rings. The van der Waals surface area contributed by atoms with E-state index in [1.165, 1.54) is 12.8 Å². The van der Waals surface area contributed by atoms with E-state index in [2.05, 4.69) is 20.6 Å². The third kappa shape index (κ3) is 3.61. The second-order valence-electron chi connectivity index (χ2n) is 5.83. The lowest BCUT2D eigenvalue weighted by molar-refractivity contribution is -0.116. The molecule has 1 aliphatic heterocycles. The number of fused-ring (bicyclic) bond motifs is 1. The highest BCUT2D eigenvalue weighted by atomic mass is 16.1. The minimum Gasteiger partial charge on any atom is -0.342 e. The number of carbonyl (C=O) groups excluding carboxylic acids is 1. The molecule has 21 heavy (non-hydrogen) atoms. The average molecular weight is 286 g/mol. The van der Waals surface area contributed by atoms with Crippen LogP contribution < -0.4 is 10.6 Å². The lowest BCUT2D eigenvalue weighted by Gasteiger charge is -2.22. The number of nitrogens with one attached hydrogen (secondary N) is 3. The molecule has 0 bridgehead atoms. The first-order valence-corrected chi connectivity index (χ1v) is 7.67. The molecule has 1 aromatic carbocycles. The van der Waals surface area contributed by atoms with Crippen LogP contribution in [0.2, 0.25) is 0 Å². The highest BCUT2D eigenvalue weighted by Crippen LogP contribution is 2.20. The fraction of sp³-hybridized carbons (Fsp3) is 0.500. The number of hydrogen-bond acceptors (Lipinski definition) is 3. The molecule has 112 valence electrons. The zero-order chi connectivity index (χ0) is 14.7. The Kier molecular flexibility index (Phi) is 4.20. The number of nitrogens with zero attached hydrogens (tertiary/aromatic N) is 1. The standard InChI is InChI=1S/C16H22N4O/c1-11-18-14-4-3-13(10-15(14)19-11)20-16(21)5-2-12-6-8-17-9-7-12/h3-4,10,12,17H,2,5-9H2,1H3,(H,18,19)(H,20,21). The number of anilines is 1. The van der Waals surface area contributed by atoms with Gasteiger partial charge in [0.2, 0.25) is 5.91 Å². The van der Waals surface area contributed by atoms with E-state index in [-0.39, 0.29) is 5.91 Å². The van der Waals surface area contributed by atoms with Crippen LogP contribution in [-0.2, 0) is 4.79 Å². The molecule has 0 atom stereocenters. The van der Waals surface area contributed by atoms with Gasteiger partial charge in [-0.1, -0.05) is 0 Å². The summed E-state index contributed by atoms with van der Waals surface area (Å²) >= 11 is 0. The number of aryl methyl sites for hydroxylation is 1. The van der Waals surface area contributed by atoms with Gasteiger partial charge in [0.1, 0.15) is 5.82 Å². The molecule has 0 unspecified atom stereocenters. The van der Waals surface area contributed by atoms with Crippen molar-refractivity contribution in [1.29, 1.82) is 0 Å². The maximum Gasteiger partial charge on any atom is 0.224 e. The van der Waals surface area contributed by atoms with Gasteiger partial charge in [-0.2, -0.15) is 0 Å². The third-order valence-corrected chi connectivity index (χ3v) is 4.12. The van der Waals surface area contributed by atoms with Crippen molar-refractivity contribution in [2.45, 2.75) is 32.6 Å². The Hall–Kier alpha value is -1.88. The molecule has 3 rings (SSSR count). The van der Waals surface area contributed by atoms with Gasteiger partial charge in [-0.3, -0.25) is 4.79 Å². The van der Waals surface area contributed by atoms with Crippen molar-refractivity contribution in [3.63, 3.8) is 0 Å². The van der Waals surface area contributed by atoms with Crippen molar-refractivity contribution >= 4 is 22.6 Å². The van der Waals surface area contributed by atoms with Gasteiger partial charge < -0.3 is 15.6 Å². The van der Waals surface area contributed by atoms with Gasteiger partial charge in [0, 0.05) is 12.1 Å². The molecule has 0 radical (unpaired) electrons. The summed E-state index contributed by atoms with van der Waals surface area (Å²) < 4.78 is 0. The number of hydrogen-bond donors (Lipinski definition) is 3. The molecular formula is C16H22N4O. The number of carbonyl (C=O) groups is 1. The average Bonchev–Trinajstić information content (AvgIpc) is 2.85. The summed E-state index contributed by atoms with van der Waals surface area (Å²) in [7, 11) is 0. The van der Waals surface area contributed by atoms with E-state index in [1.54, 1.807) is 0 Å². The van der Waals surface area contributed by atoms with Gasteiger partial charge in [-0.15, -0.1) is 0 Å². The van der Waals surface area contributed by atoms with Crippen LogP contribution in [0.3, 0.4) is 0 Å². The predicted molar refractivity (Wildman–Crippen MR) is 84.3 cm³/mol. The fourth-order valence-corrected chi connectivity index (χ4v) is 2.94. The van der Waals surface area contributed by atoms with Crippen LogP contribution in [-0.4, -0.2) is 29.0 Å². The first-order valence-electron chi connectivity index (χ1n) is 7.67. The molecule has 1 saturated heterocycles. The van der Waals surface area contributed by atoms with Crippen LogP contribution in [0, 0.1) is 12.8 Å². The number of aromatic amines is 1. The Balaban J connectivity index is 1.55. The number of benzene rings is 1. The van der Waals surface area contributed by atoms with Gasteiger partial charge in [-0.25, -0.2) is 4.98 Å². The molecule has 1 amide bonds. The smallest absolute Gasteiger partial charge is 0.224 e. The van der Waals surface area contributed by atoms with E-state index in [4.69, 9.17) is 0 Å². The quantitative estimate of drug-likeness (QED) is 0.809. The van der Waals surface area contributed by atoms with Gasteiger partial charge in [-0.05, 0) is 63.4 Å². The van der Waals surface area contributed by atoms with Crippen LogP contribution in [0.15, 0.2) is 18.2 Å². The normalized spacial score (nSPS) is 16.2. The van der Waals surface area contributed by atoms with Crippen molar-refractivity contribution in [2.24, 2.45) is 5.92 Å². The van der Waals surface area contributed by atoms with E-state index in [1.807, 2.05) is 25.1 Å². The van der Waals surface area contributed by atoms with Gasteiger partial charge in [0.15, 0.2) is 0 Å². The highest BCUT2D eigenvalue weighted by Gasteiger charge is 2.14. The zero-order valence-corrected chi connectivity index (χ0v) is 12.4. The summed E-state index contributed by atoms with van der Waals surface area (Å²) in [5.74, 6) is 1.68. The number of H-pyrrole nitrogens is 1. The molecule has 2 aromatic rings. The van der Waals surface area contributed by atoms with E-state index in [9.17, 15) is 4.79 Å². The Morgan fingerprint density at radius 1 is 1.38 bits per heavy atom. The lowest BCUT2D eigenvalue weighted by Crippen LogP contribution is -2.28. The van der Waals surface area contributed by atoms with Crippen molar-refractivity contribution in [2.75, 3.05) is 18.4 Å². The number of amides is 1. The summed E-state index contributed by atoms with van der Waals surface area (Å²) in [6.07, 6.45) is 3.96. The molecule has 5 heteroatoms. The van der Waals surface area contributed by atoms with Gasteiger partial charge >= 0.3 is 0 Å². The number of aromatic nitrogens is 2. The number of piperidine rings is 1. The second kappa shape index (κ2) is 6.26. The van der Waals surface area contributed by atoms with E-state index in [0.29, 0.717) is 12.3 Å². The molecule has 0 saturated carbocycles. The molecular weight excluding hydrogens is 264 g/mol. The first-order chi connectivity index (χ1) is 10.2. The second-order valence-corrected chi connectivity index (χ2v) is 5.83. The third-order valence-electron chi connectivity index (χ3n) is 4.12. The van der Waals surface area contributed by atoms with Gasteiger partial charge in [0.25, 0.3) is 0 Å². The summed E-state index contributed by atoms with van der Waals surface area (Å²) in [6, 6.07) is 5.78. The molecule has 1 aliphatic rings. The van der Waals surface area contributed by atoms with E-state index >= 15 is 0 Å². The monoisotopic (exact) mass is 286 g/mol.